The van der Waals surface area contributed by atoms with E-state index in [2.05, 4.69) is 10.7 Å². The molecule has 2 rings (SSSR count). The number of nitrogens with one attached hydrogen (secondary N) is 2. The molecule has 1 atom stereocenters. The molecule has 1 aromatic rings. The van der Waals surface area contributed by atoms with E-state index in [0.717, 1.165) is 42.7 Å². The molecule has 9 nitrogen and oxygen atoms in total. The maximum Gasteiger partial charge on any atom is 0.408 e. The van der Waals surface area contributed by atoms with Crippen LogP contribution in [0.5, 0.6) is 0 Å². The van der Waals surface area contributed by atoms with Gasteiger partial charge in [0.05, 0.1) is 6.54 Å². The van der Waals surface area contributed by atoms with Crippen molar-refractivity contribution in [1.82, 2.24) is 15.8 Å². The summed E-state index contributed by atoms with van der Waals surface area (Å²) in [6.45, 7) is -1.58. The number of nitrogens with zero attached hydrogens (tertiary/aromatic N) is 1. The first-order valence-corrected chi connectivity index (χ1v) is 10.8. The number of rotatable bonds is 10. The lowest BCUT2D eigenvalue weighted by molar-refractivity contribution is -0.143. The summed E-state index contributed by atoms with van der Waals surface area (Å²) in [4.78, 5) is 48.1. The van der Waals surface area contributed by atoms with E-state index in [0.29, 0.717) is 6.42 Å². The van der Waals surface area contributed by atoms with Crippen LogP contribution in [0.2, 0.25) is 0 Å². The standard InChI is InChI=1S/C22H31FN4O5/c23-14-20(29)27(12-11-19(24)28)26-21(30)18(13-16-7-3-1-4-8-16)25-22(31)32-15-17-9-5-2-6-10-17/h2,5-6,9-10,16,18H,1,3-4,7-8,11-15H2,(H2,24,28)(H,25,31)(H,26,30)/t18-/m1/s1. The van der Waals surface area contributed by atoms with Gasteiger partial charge in [-0.3, -0.25) is 24.8 Å². The van der Waals surface area contributed by atoms with Crippen LogP contribution < -0.4 is 16.5 Å². The van der Waals surface area contributed by atoms with Crippen LogP contribution in [-0.2, 0) is 25.7 Å². The van der Waals surface area contributed by atoms with E-state index in [9.17, 15) is 23.6 Å². The summed E-state index contributed by atoms with van der Waals surface area (Å²) in [6, 6.07) is 8.11. The minimum absolute atomic E-state index is 0.0372. The van der Waals surface area contributed by atoms with Gasteiger partial charge in [0.15, 0.2) is 6.67 Å². The predicted octanol–water partition coefficient (Wildman–Crippen LogP) is 1.96. The van der Waals surface area contributed by atoms with E-state index < -0.39 is 36.5 Å². The number of carbonyl (C=O) groups excluding carboxylic acids is 4. The molecule has 0 aromatic heterocycles. The van der Waals surface area contributed by atoms with E-state index in [1.54, 1.807) is 12.1 Å². The van der Waals surface area contributed by atoms with Crippen molar-refractivity contribution in [1.29, 1.82) is 0 Å². The molecule has 1 aromatic carbocycles. The number of primary amides is 1. The van der Waals surface area contributed by atoms with Gasteiger partial charge in [-0.2, -0.15) is 0 Å². The molecule has 0 spiro atoms. The minimum Gasteiger partial charge on any atom is -0.445 e. The van der Waals surface area contributed by atoms with Gasteiger partial charge in [0.1, 0.15) is 12.6 Å². The fourth-order valence-electron chi connectivity index (χ4n) is 3.64. The van der Waals surface area contributed by atoms with Gasteiger partial charge in [0.25, 0.3) is 11.8 Å². The van der Waals surface area contributed by atoms with Crippen molar-refractivity contribution in [3.05, 3.63) is 35.9 Å². The highest BCUT2D eigenvalue weighted by Gasteiger charge is 2.28. The van der Waals surface area contributed by atoms with Gasteiger partial charge in [-0.05, 0) is 17.9 Å². The van der Waals surface area contributed by atoms with Gasteiger partial charge in [0.2, 0.25) is 5.91 Å². The Hall–Kier alpha value is -3.17. The largest absolute Gasteiger partial charge is 0.445 e. The molecule has 1 aliphatic rings. The first-order chi connectivity index (χ1) is 15.4. The number of nitrogens with two attached hydrogens (primary N) is 1. The number of carbonyl (C=O) groups is 4. The van der Waals surface area contributed by atoms with Crippen LogP contribution in [0.1, 0.15) is 50.5 Å². The van der Waals surface area contributed by atoms with Gasteiger partial charge >= 0.3 is 6.09 Å². The second-order valence-electron chi connectivity index (χ2n) is 7.87. The third-order valence-electron chi connectivity index (χ3n) is 5.36. The Labute approximate surface area is 186 Å². The van der Waals surface area contributed by atoms with E-state index in [4.69, 9.17) is 10.5 Å². The maximum absolute atomic E-state index is 12.9. The first kappa shape index (κ1) is 25.1. The predicted molar refractivity (Wildman–Crippen MR) is 114 cm³/mol. The average Bonchev–Trinajstić information content (AvgIpc) is 2.80. The van der Waals surface area contributed by atoms with Crippen molar-refractivity contribution in [3.8, 4) is 0 Å². The molecule has 0 heterocycles. The van der Waals surface area contributed by atoms with E-state index in [1.807, 2.05) is 18.2 Å². The Morgan fingerprint density at radius 2 is 1.81 bits per heavy atom. The van der Waals surface area contributed by atoms with Crippen molar-refractivity contribution >= 4 is 23.8 Å². The number of ether oxygens (including phenoxy) is 1. The summed E-state index contributed by atoms with van der Waals surface area (Å²) in [7, 11) is 0. The quantitative estimate of drug-likeness (QED) is 0.469. The van der Waals surface area contributed by atoms with Crippen molar-refractivity contribution < 1.29 is 28.3 Å². The summed E-state index contributed by atoms with van der Waals surface area (Å²) in [5.41, 5.74) is 8.20. The lowest BCUT2D eigenvalue weighted by Gasteiger charge is -2.29. The summed E-state index contributed by atoms with van der Waals surface area (Å²) in [6.07, 6.45) is 4.42. The van der Waals surface area contributed by atoms with E-state index >= 15 is 0 Å². The lowest BCUT2D eigenvalue weighted by Crippen LogP contribution is -2.55. The molecule has 0 unspecified atom stereocenters. The molecule has 0 saturated heterocycles. The zero-order valence-corrected chi connectivity index (χ0v) is 18.1. The Kier molecular flexibility index (Phi) is 10.4. The van der Waals surface area contributed by atoms with Crippen LogP contribution in [0.4, 0.5) is 9.18 Å². The van der Waals surface area contributed by atoms with Crippen molar-refractivity contribution in [2.24, 2.45) is 11.7 Å². The Bertz CT molecular complexity index is 771. The molecule has 32 heavy (non-hydrogen) atoms. The normalized spacial score (nSPS) is 14.8. The van der Waals surface area contributed by atoms with Gasteiger partial charge in [-0.15, -0.1) is 0 Å². The fourth-order valence-corrected chi connectivity index (χ4v) is 3.64. The summed E-state index contributed by atoms with van der Waals surface area (Å²) in [5.74, 6) is -2.16. The van der Waals surface area contributed by atoms with Gasteiger partial charge in [-0.25, -0.2) is 9.18 Å². The highest BCUT2D eigenvalue weighted by Crippen LogP contribution is 2.27. The Morgan fingerprint density at radius 3 is 2.44 bits per heavy atom. The van der Waals surface area contributed by atoms with Crippen LogP contribution in [-0.4, -0.2) is 48.1 Å². The van der Waals surface area contributed by atoms with Gasteiger partial charge in [0, 0.05) is 6.42 Å². The summed E-state index contributed by atoms with van der Waals surface area (Å²) >= 11 is 0. The molecule has 1 saturated carbocycles. The van der Waals surface area contributed by atoms with Crippen LogP contribution >= 0.6 is 0 Å². The third-order valence-corrected chi connectivity index (χ3v) is 5.36. The van der Waals surface area contributed by atoms with Crippen molar-refractivity contribution in [2.45, 2.75) is 57.6 Å². The smallest absolute Gasteiger partial charge is 0.408 e. The maximum atomic E-state index is 12.9. The van der Waals surface area contributed by atoms with Crippen LogP contribution in [0.15, 0.2) is 30.3 Å². The van der Waals surface area contributed by atoms with Gasteiger partial charge < -0.3 is 15.8 Å². The van der Waals surface area contributed by atoms with Crippen LogP contribution in [0.3, 0.4) is 0 Å². The minimum atomic E-state index is -1.35. The number of hydrogen-bond donors (Lipinski definition) is 3. The van der Waals surface area contributed by atoms with Crippen LogP contribution in [0, 0.1) is 5.92 Å². The SMILES string of the molecule is NC(=O)CCN(NC(=O)[C@@H](CC1CCCCC1)NC(=O)OCc1ccccc1)C(=O)CF. The topological polar surface area (TPSA) is 131 Å². The number of hydrogen-bond acceptors (Lipinski definition) is 5. The number of alkyl halides is 1. The monoisotopic (exact) mass is 450 g/mol. The fraction of sp³-hybridized carbons (Fsp3) is 0.545. The molecule has 4 amide bonds. The van der Waals surface area contributed by atoms with Gasteiger partial charge in [-0.1, -0.05) is 62.4 Å². The zero-order chi connectivity index (χ0) is 23.3. The van der Waals surface area contributed by atoms with Crippen molar-refractivity contribution in [2.75, 3.05) is 13.2 Å². The summed E-state index contributed by atoms with van der Waals surface area (Å²) in [5, 5.41) is 3.29. The number of alkyl carbamates (subject to hydrolysis) is 1. The third kappa shape index (κ3) is 8.91. The number of amides is 4. The first-order valence-electron chi connectivity index (χ1n) is 10.8. The molecular formula is C22H31FN4O5. The van der Waals surface area contributed by atoms with E-state index in [1.165, 1.54) is 0 Å². The highest BCUT2D eigenvalue weighted by atomic mass is 19.1. The number of halogens is 1. The highest BCUT2D eigenvalue weighted by molar-refractivity contribution is 5.88. The molecular weight excluding hydrogens is 419 g/mol. The molecule has 0 radical (unpaired) electrons. The molecule has 0 aliphatic heterocycles. The molecule has 1 fully saturated rings. The Balaban J connectivity index is 2.02. The molecule has 4 N–H and O–H groups in total. The van der Waals surface area contributed by atoms with Crippen molar-refractivity contribution in [3.63, 3.8) is 0 Å². The Morgan fingerprint density at radius 1 is 1.12 bits per heavy atom. The number of benzene rings is 1. The van der Waals surface area contributed by atoms with Crippen LogP contribution in [0.25, 0.3) is 0 Å². The van der Waals surface area contributed by atoms with E-state index in [-0.39, 0.29) is 25.5 Å². The molecule has 1 aliphatic carbocycles. The molecule has 0 bridgehead atoms. The summed E-state index contributed by atoms with van der Waals surface area (Å²) < 4.78 is 18.1. The number of hydrazine groups is 1. The molecule has 10 heteroatoms. The average molecular weight is 451 g/mol. The lowest BCUT2D eigenvalue weighted by atomic mass is 9.84. The molecule has 176 valence electrons. The second kappa shape index (κ2) is 13.3. The second-order valence-corrected chi connectivity index (χ2v) is 7.87. The zero-order valence-electron chi connectivity index (χ0n) is 18.1.